The van der Waals surface area contributed by atoms with Crippen molar-refractivity contribution < 1.29 is 17.7 Å². The summed E-state index contributed by atoms with van der Waals surface area (Å²) in [5.74, 6) is 0. The third kappa shape index (κ3) is 4.92. The maximum absolute atomic E-state index is 5.45. The van der Waals surface area contributed by atoms with Gasteiger partial charge in [0.15, 0.2) is 9.76 Å². The van der Waals surface area contributed by atoms with Crippen LogP contribution in [0.25, 0.3) is 0 Å². The van der Waals surface area contributed by atoms with Crippen molar-refractivity contribution in [1.29, 1.82) is 0 Å². The Morgan fingerprint density at radius 3 is 2.07 bits per heavy atom. The second-order valence-corrected chi connectivity index (χ2v) is 10.7. The average Bonchev–Trinajstić information content (AvgIpc) is 2.23. The Kier molecular flexibility index (Phi) is 8.21. The second-order valence-electron chi connectivity index (χ2n) is 2.70. The maximum Gasteiger partial charge on any atom is 0.572 e. The minimum absolute atomic E-state index is 0.446. The van der Waals surface area contributed by atoms with Crippen LogP contribution in [0.4, 0.5) is 0 Å². The van der Waals surface area contributed by atoms with Gasteiger partial charge in [-0.25, -0.2) is 0 Å². The molecule has 14 heavy (non-hydrogen) atoms. The molecule has 86 valence electrons. The van der Waals surface area contributed by atoms with E-state index in [9.17, 15) is 0 Å². The zero-order valence-electron chi connectivity index (χ0n) is 9.53. The summed E-state index contributed by atoms with van der Waals surface area (Å²) in [7, 11) is 1.90. The van der Waals surface area contributed by atoms with E-state index in [2.05, 4.69) is 6.92 Å². The highest BCUT2D eigenvalue weighted by molar-refractivity contribution is 8.27. The first-order valence-corrected chi connectivity index (χ1v) is 9.27. The van der Waals surface area contributed by atoms with Gasteiger partial charge in [0.1, 0.15) is 0 Å². The fourth-order valence-electron chi connectivity index (χ4n) is 0.959. The van der Waals surface area contributed by atoms with Crippen molar-refractivity contribution in [3.05, 3.63) is 0 Å². The smallest absolute Gasteiger partial charge is 0.423 e. The summed E-state index contributed by atoms with van der Waals surface area (Å²) in [6.45, 7) is 4.93. The fraction of sp³-hybridized carbons (Fsp3) is 1.00. The van der Waals surface area contributed by atoms with Gasteiger partial charge in [-0.2, -0.15) is 0 Å². The molecule has 0 saturated heterocycles. The number of rotatable bonds is 8. The van der Waals surface area contributed by atoms with E-state index in [1.54, 1.807) is 32.5 Å². The third-order valence-corrected chi connectivity index (χ3v) is 10.4. The standard InChI is InChI=1S/C7H20O4SSi2/c1-6-11-13-7(2)12-14(8-3,9-4)10-5/h7H,6,13H2,1-5H3. The van der Waals surface area contributed by atoms with E-state index in [1.807, 2.05) is 6.92 Å². The Balaban J connectivity index is 4.01. The van der Waals surface area contributed by atoms with Crippen LogP contribution in [0.3, 0.4) is 0 Å². The van der Waals surface area contributed by atoms with E-state index >= 15 is 0 Å². The predicted molar refractivity (Wildman–Crippen MR) is 64.0 cm³/mol. The van der Waals surface area contributed by atoms with Gasteiger partial charge in [0.05, 0.1) is 0 Å². The van der Waals surface area contributed by atoms with E-state index < -0.39 is 17.7 Å². The highest BCUT2D eigenvalue weighted by Crippen LogP contribution is 2.26. The molecule has 0 bridgehead atoms. The van der Waals surface area contributed by atoms with Crippen LogP contribution in [0.5, 0.6) is 0 Å². The van der Waals surface area contributed by atoms with Crippen molar-refractivity contribution in [3.8, 4) is 0 Å². The highest BCUT2D eigenvalue weighted by atomic mass is 32.4. The normalized spacial score (nSPS) is 15.2. The molecule has 0 saturated carbocycles. The summed E-state index contributed by atoms with van der Waals surface area (Å²) in [4.78, 5) is 0.446. The molecular formula is C7H20O4SSi2. The topological polar surface area (TPSA) is 36.9 Å². The minimum atomic E-state index is -2.46. The van der Waals surface area contributed by atoms with Crippen molar-refractivity contribution in [2.24, 2.45) is 0 Å². The molecule has 0 aromatic rings. The molecule has 0 heterocycles. The second kappa shape index (κ2) is 7.86. The van der Waals surface area contributed by atoms with Gasteiger partial charge in [0, 0.05) is 32.8 Å². The molecule has 7 heteroatoms. The largest absolute Gasteiger partial charge is 0.572 e. The van der Waals surface area contributed by atoms with Crippen molar-refractivity contribution in [2.45, 2.75) is 18.7 Å². The van der Waals surface area contributed by atoms with Crippen LogP contribution in [0, 0.1) is 0 Å². The SMILES string of the molecule is CCO[SiH2]C(C)S[Si](OC)(OC)OC. The van der Waals surface area contributed by atoms with E-state index in [0.29, 0.717) is 4.87 Å². The Bertz CT molecular complexity index is 137. The van der Waals surface area contributed by atoms with Gasteiger partial charge in [-0.15, -0.1) is 0 Å². The van der Waals surface area contributed by atoms with Crippen LogP contribution in [-0.2, 0) is 17.7 Å². The molecule has 0 aliphatic heterocycles. The Hall–Kier alpha value is 0.624. The average molecular weight is 256 g/mol. The molecule has 0 aromatic heterocycles. The first kappa shape index (κ1) is 14.6. The molecule has 0 N–H and O–H groups in total. The van der Waals surface area contributed by atoms with Crippen molar-refractivity contribution in [3.63, 3.8) is 0 Å². The molecule has 0 amide bonds. The molecule has 0 aromatic carbocycles. The Morgan fingerprint density at radius 2 is 1.71 bits per heavy atom. The molecule has 4 nitrogen and oxygen atoms in total. The zero-order chi connectivity index (χ0) is 11.0. The van der Waals surface area contributed by atoms with E-state index in [4.69, 9.17) is 17.7 Å². The molecule has 0 rings (SSSR count). The Morgan fingerprint density at radius 1 is 1.21 bits per heavy atom. The zero-order valence-corrected chi connectivity index (χ0v) is 12.8. The lowest BCUT2D eigenvalue weighted by Gasteiger charge is -2.25. The molecule has 1 unspecified atom stereocenters. The molecular weight excluding hydrogens is 236 g/mol. The van der Waals surface area contributed by atoms with Gasteiger partial charge in [-0.3, -0.25) is 0 Å². The predicted octanol–water partition coefficient (Wildman–Crippen LogP) is 0.561. The first-order chi connectivity index (χ1) is 6.64. The van der Waals surface area contributed by atoms with E-state index in [1.165, 1.54) is 0 Å². The summed E-state index contributed by atoms with van der Waals surface area (Å²) in [6, 6.07) is 0. The lowest BCUT2D eigenvalue weighted by atomic mass is 10.9. The monoisotopic (exact) mass is 256 g/mol. The molecule has 0 aliphatic carbocycles. The quantitative estimate of drug-likeness (QED) is 0.593. The summed E-state index contributed by atoms with van der Waals surface area (Å²) in [5, 5.41) is 0. The van der Waals surface area contributed by atoms with E-state index in [0.717, 1.165) is 6.61 Å². The number of hydrogen-bond acceptors (Lipinski definition) is 5. The van der Waals surface area contributed by atoms with Gasteiger partial charge < -0.3 is 17.7 Å². The summed E-state index contributed by atoms with van der Waals surface area (Å²) in [5.41, 5.74) is 0. The molecule has 0 aliphatic rings. The number of hydrogen-bond donors (Lipinski definition) is 0. The summed E-state index contributed by atoms with van der Waals surface area (Å²) < 4.78 is 21.4. The van der Waals surface area contributed by atoms with Crippen LogP contribution < -0.4 is 0 Å². The van der Waals surface area contributed by atoms with Gasteiger partial charge in [0.2, 0.25) is 0 Å². The third-order valence-electron chi connectivity index (χ3n) is 1.65. The van der Waals surface area contributed by atoms with Crippen LogP contribution >= 0.6 is 11.2 Å². The van der Waals surface area contributed by atoms with Gasteiger partial charge in [-0.1, -0.05) is 18.1 Å². The molecule has 1 atom stereocenters. The maximum atomic E-state index is 5.45. The highest BCUT2D eigenvalue weighted by Gasteiger charge is 2.41. The van der Waals surface area contributed by atoms with Crippen LogP contribution in [0.15, 0.2) is 0 Å². The van der Waals surface area contributed by atoms with Crippen LogP contribution in [0.2, 0.25) is 0 Å². The molecule has 0 radical (unpaired) electrons. The van der Waals surface area contributed by atoms with Crippen molar-refractivity contribution in [2.75, 3.05) is 27.9 Å². The van der Waals surface area contributed by atoms with Gasteiger partial charge in [-0.05, 0) is 6.92 Å². The lowest BCUT2D eigenvalue weighted by molar-refractivity contribution is 0.152. The summed E-state index contributed by atoms with van der Waals surface area (Å²) >= 11 is 1.64. The minimum Gasteiger partial charge on any atom is -0.423 e. The van der Waals surface area contributed by atoms with Crippen LogP contribution in [0.1, 0.15) is 13.8 Å². The summed E-state index contributed by atoms with van der Waals surface area (Å²) in [6.07, 6.45) is 0. The first-order valence-electron chi connectivity index (χ1n) is 4.55. The molecule has 0 fully saturated rings. The van der Waals surface area contributed by atoms with Crippen LogP contribution in [-0.4, -0.2) is 50.5 Å². The van der Waals surface area contributed by atoms with Crippen molar-refractivity contribution in [1.82, 2.24) is 0 Å². The van der Waals surface area contributed by atoms with Gasteiger partial charge in [0.25, 0.3) is 0 Å². The fourth-order valence-corrected chi connectivity index (χ4v) is 8.16. The lowest BCUT2D eigenvalue weighted by Crippen LogP contribution is -2.42. The van der Waals surface area contributed by atoms with Gasteiger partial charge >= 0.3 is 7.95 Å². The van der Waals surface area contributed by atoms with E-state index in [-0.39, 0.29) is 0 Å². The Labute approximate surface area is 93.6 Å². The molecule has 0 spiro atoms. The van der Waals surface area contributed by atoms with Crippen molar-refractivity contribution >= 4 is 28.9 Å².